The van der Waals surface area contributed by atoms with Crippen molar-refractivity contribution >= 4 is 35.0 Å². The van der Waals surface area contributed by atoms with Crippen LogP contribution in [0.25, 0.3) is 0 Å². The molecule has 0 bridgehead atoms. The highest BCUT2D eigenvalue weighted by atomic mass is 35.5. The van der Waals surface area contributed by atoms with Crippen LogP contribution in [0.3, 0.4) is 0 Å². The largest absolute Gasteiger partial charge is 0.325 e. The van der Waals surface area contributed by atoms with Gasteiger partial charge in [-0.2, -0.15) is 8.78 Å². The van der Waals surface area contributed by atoms with Crippen molar-refractivity contribution in [3.05, 3.63) is 23.2 Å². The van der Waals surface area contributed by atoms with Crippen LogP contribution in [0, 0.1) is 5.92 Å². The number of nitrogens with one attached hydrogen (secondary N) is 1. The summed E-state index contributed by atoms with van der Waals surface area (Å²) >= 11 is 6.20. The zero-order chi connectivity index (χ0) is 13.7. The maximum absolute atomic E-state index is 12.4. The van der Waals surface area contributed by atoms with Gasteiger partial charge in [0, 0.05) is 5.92 Å². The Morgan fingerprint density at radius 3 is 2.72 bits per heavy atom. The number of benzene rings is 1. The summed E-state index contributed by atoms with van der Waals surface area (Å²) in [6.45, 7) is 3.66. The molecule has 0 spiro atoms. The van der Waals surface area contributed by atoms with Crippen molar-refractivity contribution in [2.24, 2.45) is 5.92 Å². The van der Waals surface area contributed by atoms with E-state index >= 15 is 0 Å². The van der Waals surface area contributed by atoms with E-state index in [4.69, 9.17) is 11.6 Å². The summed E-state index contributed by atoms with van der Waals surface area (Å²) in [5, 5.41) is 2.84. The molecule has 1 atom stereocenters. The first-order chi connectivity index (χ1) is 8.45. The molecule has 1 rings (SSSR count). The van der Waals surface area contributed by atoms with E-state index in [1.165, 1.54) is 6.07 Å². The van der Waals surface area contributed by atoms with Gasteiger partial charge in [0.15, 0.2) is 0 Å². The second-order valence-corrected chi connectivity index (χ2v) is 5.20. The van der Waals surface area contributed by atoms with Crippen molar-refractivity contribution in [2.45, 2.75) is 30.9 Å². The van der Waals surface area contributed by atoms with Crippen LogP contribution in [0.2, 0.25) is 5.02 Å². The Morgan fingerprint density at radius 1 is 1.50 bits per heavy atom. The van der Waals surface area contributed by atoms with Crippen molar-refractivity contribution in [1.82, 2.24) is 0 Å². The Balaban J connectivity index is 2.94. The number of carbonyl (C=O) groups excluding carboxylic acids is 1. The maximum atomic E-state index is 12.4. The smallest absolute Gasteiger partial charge is 0.289 e. The van der Waals surface area contributed by atoms with Gasteiger partial charge in [-0.1, -0.05) is 43.3 Å². The first-order valence-electron chi connectivity index (χ1n) is 5.49. The normalized spacial score (nSPS) is 12.6. The molecule has 0 heterocycles. The van der Waals surface area contributed by atoms with E-state index in [1.54, 1.807) is 19.1 Å². The van der Waals surface area contributed by atoms with E-state index < -0.39 is 5.76 Å². The molecule has 1 aromatic carbocycles. The molecule has 0 saturated heterocycles. The van der Waals surface area contributed by atoms with Gasteiger partial charge in [0.2, 0.25) is 5.91 Å². The molecule has 1 aromatic rings. The molecule has 18 heavy (non-hydrogen) atoms. The fraction of sp³-hybridized carbons (Fsp3) is 0.417. The molecule has 100 valence electrons. The van der Waals surface area contributed by atoms with Gasteiger partial charge in [0.25, 0.3) is 5.76 Å². The molecule has 0 aliphatic heterocycles. The highest BCUT2D eigenvalue weighted by molar-refractivity contribution is 7.99. The zero-order valence-corrected chi connectivity index (χ0v) is 11.6. The number of halogens is 3. The minimum Gasteiger partial charge on any atom is -0.325 e. The Hall–Kier alpha value is -0.810. The van der Waals surface area contributed by atoms with Crippen LogP contribution >= 0.6 is 23.4 Å². The van der Waals surface area contributed by atoms with Crippen molar-refractivity contribution < 1.29 is 13.6 Å². The Kier molecular flexibility index (Phi) is 5.88. The van der Waals surface area contributed by atoms with E-state index in [0.29, 0.717) is 23.9 Å². The number of thioether (sulfide) groups is 1. The Morgan fingerprint density at radius 2 is 2.17 bits per heavy atom. The summed E-state index contributed by atoms with van der Waals surface area (Å²) in [5.41, 5.74) is 0.332. The third-order valence-corrected chi connectivity index (χ3v) is 3.77. The van der Waals surface area contributed by atoms with Crippen LogP contribution in [-0.4, -0.2) is 11.7 Å². The van der Waals surface area contributed by atoms with Gasteiger partial charge in [-0.05, 0) is 18.6 Å². The lowest BCUT2D eigenvalue weighted by atomic mass is 10.1. The molecular weight excluding hydrogens is 280 g/mol. The summed E-state index contributed by atoms with van der Waals surface area (Å²) in [4.78, 5) is 11.9. The Labute approximate surface area is 114 Å². The van der Waals surface area contributed by atoms with Gasteiger partial charge in [-0.25, -0.2) is 0 Å². The van der Waals surface area contributed by atoms with Crippen LogP contribution in [0.15, 0.2) is 23.1 Å². The molecule has 0 aliphatic rings. The van der Waals surface area contributed by atoms with Gasteiger partial charge in [-0.15, -0.1) is 0 Å². The van der Waals surface area contributed by atoms with Crippen LogP contribution in [0.4, 0.5) is 14.5 Å². The van der Waals surface area contributed by atoms with Gasteiger partial charge < -0.3 is 5.32 Å². The lowest BCUT2D eigenvalue weighted by molar-refractivity contribution is -0.119. The van der Waals surface area contributed by atoms with Gasteiger partial charge in [0.05, 0.1) is 15.6 Å². The summed E-state index contributed by atoms with van der Waals surface area (Å²) in [6.07, 6.45) is 0.684. The van der Waals surface area contributed by atoms with Crippen molar-refractivity contribution in [1.29, 1.82) is 0 Å². The molecule has 0 fully saturated rings. The number of hydrogen-bond donors (Lipinski definition) is 1. The molecule has 1 unspecified atom stereocenters. The van der Waals surface area contributed by atoms with Gasteiger partial charge in [0.1, 0.15) is 0 Å². The first kappa shape index (κ1) is 15.2. The highest BCUT2D eigenvalue weighted by Crippen LogP contribution is 2.37. The number of rotatable bonds is 5. The van der Waals surface area contributed by atoms with Crippen molar-refractivity contribution in [2.75, 3.05) is 5.32 Å². The lowest BCUT2D eigenvalue weighted by Gasteiger charge is -2.14. The third-order valence-electron chi connectivity index (χ3n) is 2.49. The molecule has 6 heteroatoms. The Bertz CT molecular complexity index is 429. The number of hydrogen-bond acceptors (Lipinski definition) is 2. The number of anilines is 1. The summed E-state index contributed by atoms with van der Waals surface area (Å²) < 4.78 is 24.9. The monoisotopic (exact) mass is 293 g/mol. The van der Waals surface area contributed by atoms with Gasteiger partial charge >= 0.3 is 0 Å². The second kappa shape index (κ2) is 6.95. The molecule has 0 aliphatic carbocycles. The second-order valence-electron chi connectivity index (χ2n) is 3.79. The summed E-state index contributed by atoms with van der Waals surface area (Å²) in [6, 6.07) is 4.70. The topological polar surface area (TPSA) is 29.1 Å². The molecule has 0 saturated carbocycles. The number of amides is 1. The van der Waals surface area contributed by atoms with Crippen LogP contribution in [0.1, 0.15) is 20.3 Å². The van der Waals surface area contributed by atoms with Crippen LogP contribution in [-0.2, 0) is 4.79 Å². The van der Waals surface area contributed by atoms with Crippen molar-refractivity contribution in [3.8, 4) is 0 Å². The number of carbonyl (C=O) groups is 1. The fourth-order valence-corrected chi connectivity index (χ4v) is 2.17. The molecule has 0 aromatic heterocycles. The minimum atomic E-state index is -2.58. The summed E-state index contributed by atoms with van der Waals surface area (Å²) in [7, 11) is 0. The van der Waals surface area contributed by atoms with Gasteiger partial charge in [-0.3, -0.25) is 4.79 Å². The number of alkyl halides is 2. The molecular formula is C12H14ClF2NOS. The molecule has 1 amide bonds. The highest BCUT2D eigenvalue weighted by Gasteiger charge is 2.17. The van der Waals surface area contributed by atoms with Crippen LogP contribution in [0.5, 0.6) is 0 Å². The van der Waals surface area contributed by atoms with E-state index in [0.717, 1.165) is 0 Å². The third kappa shape index (κ3) is 4.14. The average Bonchev–Trinajstić information content (AvgIpc) is 2.32. The van der Waals surface area contributed by atoms with E-state index in [2.05, 4.69) is 5.32 Å². The SMILES string of the molecule is CCC(C)C(=O)Nc1cccc(Cl)c1SC(F)F. The van der Waals surface area contributed by atoms with Crippen molar-refractivity contribution in [3.63, 3.8) is 0 Å². The molecule has 0 radical (unpaired) electrons. The summed E-state index contributed by atoms with van der Waals surface area (Å²) in [5.74, 6) is -2.95. The standard InChI is InChI=1S/C12H14ClF2NOS/c1-3-7(2)11(17)16-9-6-4-5-8(13)10(9)18-12(14)15/h4-7,12H,3H2,1-2H3,(H,16,17). The predicted octanol–water partition coefficient (Wildman–Crippen LogP) is 4.64. The average molecular weight is 294 g/mol. The van der Waals surface area contributed by atoms with Crippen LogP contribution < -0.4 is 5.32 Å². The van der Waals surface area contributed by atoms with E-state index in [9.17, 15) is 13.6 Å². The fourth-order valence-electron chi connectivity index (χ4n) is 1.26. The lowest BCUT2D eigenvalue weighted by Crippen LogP contribution is -2.20. The minimum absolute atomic E-state index is 0.173. The molecule has 1 N–H and O–H groups in total. The zero-order valence-electron chi connectivity index (χ0n) is 10.0. The maximum Gasteiger partial charge on any atom is 0.289 e. The first-order valence-corrected chi connectivity index (χ1v) is 6.75. The van der Waals surface area contributed by atoms with E-state index in [1.807, 2.05) is 6.92 Å². The quantitative estimate of drug-likeness (QED) is 0.801. The predicted molar refractivity (Wildman–Crippen MR) is 71.4 cm³/mol. The molecule has 2 nitrogen and oxygen atoms in total. The van der Waals surface area contributed by atoms with E-state index in [-0.39, 0.29) is 21.7 Å².